The first-order valence-corrected chi connectivity index (χ1v) is 6.06. The van der Waals surface area contributed by atoms with Crippen LogP contribution in [-0.2, 0) is 6.54 Å². The molecule has 0 aromatic heterocycles. The molecular formula is C15H12FNO4. The van der Waals surface area contributed by atoms with Gasteiger partial charge in [-0.2, -0.15) is 0 Å². The number of phenols is 1. The van der Waals surface area contributed by atoms with Crippen LogP contribution in [0.25, 0.3) is 0 Å². The fourth-order valence-electron chi connectivity index (χ4n) is 1.79. The second kappa shape index (κ2) is 6.04. The number of hydrogen-bond donors (Lipinski definition) is 3. The first-order chi connectivity index (χ1) is 9.97. The lowest BCUT2D eigenvalue weighted by Crippen LogP contribution is -2.23. The van der Waals surface area contributed by atoms with Crippen LogP contribution in [0.4, 0.5) is 4.39 Å². The van der Waals surface area contributed by atoms with Crippen molar-refractivity contribution in [2.75, 3.05) is 0 Å². The maximum absolute atomic E-state index is 12.8. The Kier molecular flexibility index (Phi) is 4.18. The number of halogens is 1. The lowest BCUT2D eigenvalue weighted by atomic mass is 10.1. The molecule has 0 fully saturated rings. The van der Waals surface area contributed by atoms with Gasteiger partial charge in [0, 0.05) is 12.6 Å². The van der Waals surface area contributed by atoms with Gasteiger partial charge in [-0.1, -0.05) is 12.1 Å². The maximum atomic E-state index is 12.8. The van der Waals surface area contributed by atoms with Gasteiger partial charge in [0.1, 0.15) is 11.6 Å². The van der Waals surface area contributed by atoms with Crippen molar-refractivity contribution in [3.63, 3.8) is 0 Å². The largest absolute Gasteiger partial charge is 0.507 e. The molecule has 2 aromatic carbocycles. The summed E-state index contributed by atoms with van der Waals surface area (Å²) in [6, 6.07) is 9.21. The van der Waals surface area contributed by atoms with E-state index < -0.39 is 23.4 Å². The van der Waals surface area contributed by atoms with Gasteiger partial charge >= 0.3 is 5.97 Å². The number of aromatic carboxylic acids is 1. The highest BCUT2D eigenvalue weighted by molar-refractivity contribution is 5.96. The number of aromatic hydroxyl groups is 1. The van der Waals surface area contributed by atoms with Crippen LogP contribution in [0.3, 0.4) is 0 Å². The monoisotopic (exact) mass is 289 g/mol. The topological polar surface area (TPSA) is 86.6 Å². The number of benzene rings is 2. The standard InChI is InChI=1S/C15H12FNO4/c16-11-4-5-12(13(18)7-11)14(19)17-8-9-2-1-3-10(6-9)15(20)21/h1-7,18H,8H2,(H,17,19)(H,20,21). The Morgan fingerprint density at radius 3 is 2.57 bits per heavy atom. The zero-order chi connectivity index (χ0) is 15.4. The highest BCUT2D eigenvalue weighted by atomic mass is 19.1. The smallest absolute Gasteiger partial charge is 0.335 e. The quantitative estimate of drug-likeness (QED) is 0.805. The average molecular weight is 289 g/mol. The molecule has 5 nitrogen and oxygen atoms in total. The van der Waals surface area contributed by atoms with E-state index in [-0.39, 0.29) is 17.7 Å². The van der Waals surface area contributed by atoms with Gasteiger partial charge in [-0.3, -0.25) is 4.79 Å². The maximum Gasteiger partial charge on any atom is 0.335 e. The first kappa shape index (κ1) is 14.5. The summed E-state index contributed by atoms with van der Waals surface area (Å²) in [5, 5.41) is 20.9. The normalized spacial score (nSPS) is 10.1. The van der Waals surface area contributed by atoms with Crippen molar-refractivity contribution in [2.24, 2.45) is 0 Å². The SMILES string of the molecule is O=C(O)c1cccc(CNC(=O)c2ccc(F)cc2O)c1. The Hall–Kier alpha value is -2.89. The molecule has 0 saturated carbocycles. The van der Waals surface area contributed by atoms with Crippen LogP contribution < -0.4 is 5.32 Å². The Morgan fingerprint density at radius 1 is 1.14 bits per heavy atom. The van der Waals surface area contributed by atoms with E-state index in [1.54, 1.807) is 12.1 Å². The minimum Gasteiger partial charge on any atom is -0.507 e. The summed E-state index contributed by atoms with van der Waals surface area (Å²) in [7, 11) is 0. The van der Waals surface area contributed by atoms with E-state index in [1.165, 1.54) is 18.2 Å². The lowest BCUT2D eigenvalue weighted by Gasteiger charge is -2.07. The summed E-state index contributed by atoms with van der Waals surface area (Å²) >= 11 is 0. The van der Waals surface area contributed by atoms with E-state index in [4.69, 9.17) is 5.11 Å². The van der Waals surface area contributed by atoms with Gasteiger partial charge in [-0.25, -0.2) is 9.18 Å². The van der Waals surface area contributed by atoms with Crippen molar-refractivity contribution >= 4 is 11.9 Å². The number of carboxylic acid groups (broad SMARTS) is 1. The van der Waals surface area contributed by atoms with Crippen molar-refractivity contribution in [3.05, 3.63) is 65.0 Å². The molecule has 0 aliphatic carbocycles. The summed E-state index contributed by atoms with van der Waals surface area (Å²) in [5.74, 6) is -2.72. The summed E-state index contributed by atoms with van der Waals surface area (Å²) in [6.07, 6.45) is 0. The fourth-order valence-corrected chi connectivity index (χ4v) is 1.79. The number of carbonyl (C=O) groups is 2. The molecular weight excluding hydrogens is 277 g/mol. The Labute approximate surface area is 119 Å². The molecule has 0 atom stereocenters. The summed E-state index contributed by atoms with van der Waals surface area (Å²) in [4.78, 5) is 22.7. The van der Waals surface area contributed by atoms with Crippen LogP contribution in [0.2, 0.25) is 0 Å². The van der Waals surface area contributed by atoms with Crippen LogP contribution in [0, 0.1) is 5.82 Å². The molecule has 2 rings (SSSR count). The zero-order valence-electron chi connectivity index (χ0n) is 10.8. The van der Waals surface area contributed by atoms with Crippen molar-refractivity contribution < 1.29 is 24.2 Å². The predicted octanol–water partition coefficient (Wildman–Crippen LogP) is 2.16. The number of hydrogen-bond acceptors (Lipinski definition) is 3. The zero-order valence-corrected chi connectivity index (χ0v) is 10.8. The molecule has 0 saturated heterocycles. The summed E-state index contributed by atoms with van der Waals surface area (Å²) < 4.78 is 12.8. The van der Waals surface area contributed by atoms with Crippen LogP contribution in [0.5, 0.6) is 5.75 Å². The molecule has 0 aliphatic heterocycles. The molecule has 108 valence electrons. The highest BCUT2D eigenvalue weighted by Gasteiger charge is 2.11. The Bertz CT molecular complexity index is 700. The molecule has 0 unspecified atom stereocenters. The van der Waals surface area contributed by atoms with Crippen molar-refractivity contribution in [1.29, 1.82) is 0 Å². The van der Waals surface area contributed by atoms with Crippen LogP contribution in [0.15, 0.2) is 42.5 Å². The highest BCUT2D eigenvalue weighted by Crippen LogP contribution is 2.18. The molecule has 2 aromatic rings. The van der Waals surface area contributed by atoms with E-state index in [2.05, 4.69) is 5.32 Å². The Balaban J connectivity index is 2.07. The first-order valence-electron chi connectivity index (χ1n) is 6.06. The second-order valence-electron chi connectivity index (χ2n) is 4.35. The predicted molar refractivity (Wildman–Crippen MR) is 72.6 cm³/mol. The van der Waals surface area contributed by atoms with E-state index in [0.717, 1.165) is 12.1 Å². The molecule has 21 heavy (non-hydrogen) atoms. The van der Waals surface area contributed by atoms with Gasteiger partial charge in [-0.05, 0) is 29.8 Å². The molecule has 0 spiro atoms. The third kappa shape index (κ3) is 3.56. The molecule has 0 aliphatic rings. The second-order valence-corrected chi connectivity index (χ2v) is 4.35. The lowest BCUT2D eigenvalue weighted by molar-refractivity contribution is 0.0696. The number of carboxylic acids is 1. The number of carbonyl (C=O) groups excluding carboxylic acids is 1. The fraction of sp³-hybridized carbons (Fsp3) is 0.0667. The third-order valence-corrected chi connectivity index (χ3v) is 2.83. The van der Waals surface area contributed by atoms with Crippen LogP contribution in [0.1, 0.15) is 26.3 Å². The molecule has 6 heteroatoms. The molecule has 0 bridgehead atoms. The van der Waals surface area contributed by atoms with Gasteiger partial charge in [0.15, 0.2) is 0 Å². The van der Waals surface area contributed by atoms with E-state index in [1.807, 2.05) is 0 Å². The molecule has 0 radical (unpaired) electrons. The van der Waals surface area contributed by atoms with Crippen LogP contribution in [-0.4, -0.2) is 22.1 Å². The Morgan fingerprint density at radius 2 is 1.90 bits per heavy atom. The third-order valence-electron chi connectivity index (χ3n) is 2.83. The minimum absolute atomic E-state index is 0.0502. The molecule has 3 N–H and O–H groups in total. The molecule has 1 amide bonds. The van der Waals surface area contributed by atoms with E-state index in [0.29, 0.717) is 5.56 Å². The minimum atomic E-state index is -1.06. The average Bonchev–Trinajstić information content (AvgIpc) is 2.45. The van der Waals surface area contributed by atoms with Gasteiger partial charge in [0.05, 0.1) is 11.1 Å². The van der Waals surface area contributed by atoms with Gasteiger partial charge in [0.25, 0.3) is 5.91 Å². The van der Waals surface area contributed by atoms with Gasteiger partial charge in [0.2, 0.25) is 0 Å². The number of nitrogens with one attached hydrogen (secondary N) is 1. The van der Waals surface area contributed by atoms with E-state index in [9.17, 15) is 19.1 Å². The van der Waals surface area contributed by atoms with Gasteiger partial charge in [-0.15, -0.1) is 0 Å². The molecule has 0 heterocycles. The van der Waals surface area contributed by atoms with Crippen molar-refractivity contribution in [2.45, 2.75) is 6.54 Å². The van der Waals surface area contributed by atoms with Crippen molar-refractivity contribution in [1.82, 2.24) is 5.32 Å². The van der Waals surface area contributed by atoms with Gasteiger partial charge < -0.3 is 15.5 Å². The summed E-state index contributed by atoms with van der Waals surface area (Å²) in [6.45, 7) is 0.0940. The number of rotatable bonds is 4. The summed E-state index contributed by atoms with van der Waals surface area (Å²) in [5.41, 5.74) is 0.669. The number of amides is 1. The number of phenolic OH excluding ortho intramolecular Hbond substituents is 1. The van der Waals surface area contributed by atoms with Crippen LogP contribution >= 0.6 is 0 Å². The van der Waals surface area contributed by atoms with E-state index >= 15 is 0 Å². The van der Waals surface area contributed by atoms with Crippen molar-refractivity contribution in [3.8, 4) is 5.75 Å².